The molecule has 2 aromatic rings. The number of carbonyl (C=O) groups excluding carboxylic acids is 1. The molecule has 0 aromatic heterocycles. The van der Waals surface area contributed by atoms with Crippen LogP contribution < -0.4 is 4.90 Å². The molecule has 2 aromatic carbocycles. The maximum atomic E-state index is 13.2. The first-order valence-corrected chi connectivity index (χ1v) is 8.81. The van der Waals surface area contributed by atoms with E-state index in [2.05, 4.69) is 6.07 Å². The largest absolute Gasteiger partial charge is 0.481 e. The number of halogens is 1. The molecule has 5 heteroatoms. The summed E-state index contributed by atoms with van der Waals surface area (Å²) in [4.78, 5) is 25.9. The molecule has 1 atom stereocenters. The van der Waals surface area contributed by atoms with Crippen LogP contribution in [-0.2, 0) is 16.0 Å². The Morgan fingerprint density at radius 3 is 2.58 bits per heavy atom. The van der Waals surface area contributed by atoms with Crippen LogP contribution in [0.5, 0.6) is 0 Å². The van der Waals surface area contributed by atoms with Crippen molar-refractivity contribution in [3.63, 3.8) is 0 Å². The van der Waals surface area contributed by atoms with Crippen molar-refractivity contribution in [1.29, 1.82) is 0 Å². The third kappa shape index (κ3) is 4.10. The average molecular weight is 355 g/mol. The van der Waals surface area contributed by atoms with E-state index in [-0.39, 0.29) is 24.6 Å². The molecule has 0 spiro atoms. The van der Waals surface area contributed by atoms with E-state index in [1.807, 2.05) is 19.1 Å². The van der Waals surface area contributed by atoms with Crippen LogP contribution in [0.2, 0.25) is 0 Å². The van der Waals surface area contributed by atoms with Crippen LogP contribution >= 0.6 is 0 Å². The summed E-state index contributed by atoms with van der Waals surface area (Å²) in [5.41, 5.74) is 3.90. The molecule has 1 aliphatic rings. The number of aliphatic carboxylic acids is 1. The van der Waals surface area contributed by atoms with Gasteiger partial charge in [-0.2, -0.15) is 0 Å². The molecule has 1 amide bonds. The summed E-state index contributed by atoms with van der Waals surface area (Å²) in [6.07, 6.45) is 1.76. The second kappa shape index (κ2) is 7.68. The third-order valence-electron chi connectivity index (χ3n) is 4.84. The van der Waals surface area contributed by atoms with Gasteiger partial charge in [0, 0.05) is 24.6 Å². The van der Waals surface area contributed by atoms with Crippen LogP contribution in [-0.4, -0.2) is 23.5 Å². The van der Waals surface area contributed by atoms with Crippen molar-refractivity contribution in [3.05, 3.63) is 65.0 Å². The minimum Gasteiger partial charge on any atom is -0.481 e. The number of carboxylic acid groups (broad SMARTS) is 1. The molecule has 0 bridgehead atoms. The van der Waals surface area contributed by atoms with Crippen molar-refractivity contribution in [2.24, 2.45) is 0 Å². The first-order valence-electron chi connectivity index (χ1n) is 8.81. The van der Waals surface area contributed by atoms with E-state index < -0.39 is 11.9 Å². The molecule has 0 radical (unpaired) electrons. The summed E-state index contributed by atoms with van der Waals surface area (Å²) in [6, 6.07) is 11.8. The van der Waals surface area contributed by atoms with Crippen LogP contribution in [0.1, 0.15) is 41.9 Å². The van der Waals surface area contributed by atoms with E-state index in [9.17, 15) is 19.1 Å². The third-order valence-corrected chi connectivity index (χ3v) is 4.84. The van der Waals surface area contributed by atoms with Gasteiger partial charge < -0.3 is 10.0 Å². The zero-order chi connectivity index (χ0) is 18.7. The monoisotopic (exact) mass is 355 g/mol. The maximum absolute atomic E-state index is 13.2. The fraction of sp³-hybridized carbons (Fsp3) is 0.333. The number of hydrogen-bond donors (Lipinski definition) is 1. The van der Waals surface area contributed by atoms with Gasteiger partial charge in [0.25, 0.3) is 0 Å². The molecule has 1 aliphatic heterocycles. The molecule has 26 heavy (non-hydrogen) atoms. The van der Waals surface area contributed by atoms with Crippen molar-refractivity contribution in [3.8, 4) is 0 Å². The molecule has 0 saturated heterocycles. The standard InChI is InChI=1S/C21H22FNO3/c1-14-4-9-19-16(11-14)3-2-10-23(19)20(24)12-17(13-21(25)26)15-5-7-18(22)8-6-15/h4-9,11,17H,2-3,10,12-13H2,1H3,(H,25,26). The summed E-state index contributed by atoms with van der Waals surface area (Å²) in [6.45, 7) is 2.66. The molecular formula is C21H22FNO3. The number of amides is 1. The highest BCUT2D eigenvalue weighted by Gasteiger charge is 2.26. The fourth-order valence-corrected chi connectivity index (χ4v) is 3.56. The SMILES string of the molecule is Cc1ccc2c(c1)CCCN2C(=O)CC(CC(=O)O)c1ccc(F)cc1. The summed E-state index contributed by atoms with van der Waals surface area (Å²) in [5.74, 6) is -1.92. The van der Waals surface area contributed by atoms with Crippen molar-refractivity contribution in [2.45, 2.75) is 38.5 Å². The van der Waals surface area contributed by atoms with Gasteiger partial charge >= 0.3 is 5.97 Å². The molecule has 1 unspecified atom stereocenters. The van der Waals surface area contributed by atoms with E-state index in [1.165, 1.54) is 12.1 Å². The van der Waals surface area contributed by atoms with Crippen LogP contribution in [0.4, 0.5) is 10.1 Å². The molecule has 0 aliphatic carbocycles. The van der Waals surface area contributed by atoms with E-state index in [0.29, 0.717) is 12.1 Å². The number of nitrogens with zero attached hydrogens (tertiary/aromatic N) is 1. The lowest BCUT2D eigenvalue weighted by Gasteiger charge is -2.31. The highest BCUT2D eigenvalue weighted by molar-refractivity contribution is 5.95. The average Bonchev–Trinajstić information content (AvgIpc) is 2.60. The van der Waals surface area contributed by atoms with Gasteiger partial charge in [-0.3, -0.25) is 9.59 Å². The quantitative estimate of drug-likeness (QED) is 0.880. The van der Waals surface area contributed by atoms with Gasteiger partial charge in [-0.25, -0.2) is 4.39 Å². The van der Waals surface area contributed by atoms with E-state index >= 15 is 0 Å². The van der Waals surface area contributed by atoms with Crippen LogP contribution in [0.25, 0.3) is 0 Å². The van der Waals surface area contributed by atoms with Gasteiger partial charge in [0.05, 0.1) is 6.42 Å². The van der Waals surface area contributed by atoms with Gasteiger partial charge in [-0.05, 0) is 49.1 Å². The summed E-state index contributed by atoms with van der Waals surface area (Å²) < 4.78 is 13.2. The van der Waals surface area contributed by atoms with Crippen LogP contribution in [0, 0.1) is 12.7 Å². The summed E-state index contributed by atoms with van der Waals surface area (Å²) in [5, 5.41) is 9.21. The predicted molar refractivity (Wildman–Crippen MR) is 97.9 cm³/mol. The first-order chi connectivity index (χ1) is 12.4. The highest BCUT2D eigenvalue weighted by atomic mass is 19.1. The lowest BCUT2D eigenvalue weighted by Crippen LogP contribution is -2.36. The van der Waals surface area contributed by atoms with Gasteiger partial charge in [-0.15, -0.1) is 0 Å². The summed E-state index contributed by atoms with van der Waals surface area (Å²) >= 11 is 0. The molecule has 136 valence electrons. The molecule has 0 fully saturated rings. The predicted octanol–water partition coefficient (Wildman–Crippen LogP) is 4.06. The topological polar surface area (TPSA) is 57.6 Å². The lowest BCUT2D eigenvalue weighted by molar-refractivity contribution is -0.137. The van der Waals surface area contributed by atoms with Gasteiger partial charge in [0.1, 0.15) is 5.82 Å². The Hall–Kier alpha value is -2.69. The fourth-order valence-electron chi connectivity index (χ4n) is 3.56. The van der Waals surface area contributed by atoms with Crippen LogP contribution in [0.15, 0.2) is 42.5 Å². The van der Waals surface area contributed by atoms with E-state index in [1.54, 1.807) is 17.0 Å². The Labute approximate surface area is 152 Å². The van der Waals surface area contributed by atoms with E-state index in [0.717, 1.165) is 29.7 Å². The minimum atomic E-state index is -0.971. The Morgan fingerprint density at radius 1 is 1.15 bits per heavy atom. The number of hydrogen-bond acceptors (Lipinski definition) is 2. The second-order valence-corrected chi connectivity index (χ2v) is 6.83. The Kier molecular flexibility index (Phi) is 5.35. The normalized spacial score (nSPS) is 14.6. The number of rotatable bonds is 5. The van der Waals surface area contributed by atoms with E-state index in [4.69, 9.17) is 0 Å². The maximum Gasteiger partial charge on any atom is 0.303 e. The Bertz CT molecular complexity index is 817. The highest BCUT2D eigenvalue weighted by Crippen LogP contribution is 2.31. The molecule has 1 N–H and O–H groups in total. The van der Waals surface area contributed by atoms with Crippen molar-refractivity contribution >= 4 is 17.6 Å². The van der Waals surface area contributed by atoms with Gasteiger partial charge in [-0.1, -0.05) is 29.8 Å². The van der Waals surface area contributed by atoms with Gasteiger partial charge in [0.2, 0.25) is 5.91 Å². The zero-order valence-corrected chi connectivity index (χ0v) is 14.7. The molecule has 1 heterocycles. The minimum absolute atomic E-state index is 0.0885. The Balaban J connectivity index is 1.82. The second-order valence-electron chi connectivity index (χ2n) is 6.83. The zero-order valence-electron chi connectivity index (χ0n) is 14.7. The summed E-state index contributed by atoms with van der Waals surface area (Å²) in [7, 11) is 0. The lowest BCUT2D eigenvalue weighted by atomic mass is 9.91. The Morgan fingerprint density at radius 2 is 1.88 bits per heavy atom. The number of carboxylic acids is 1. The number of aryl methyl sites for hydroxylation is 2. The first kappa shape index (κ1) is 18.1. The van der Waals surface area contributed by atoms with Crippen molar-refractivity contribution in [2.75, 3.05) is 11.4 Å². The molecule has 4 nitrogen and oxygen atoms in total. The van der Waals surface area contributed by atoms with Crippen molar-refractivity contribution < 1.29 is 19.1 Å². The smallest absolute Gasteiger partial charge is 0.303 e. The number of carbonyl (C=O) groups is 2. The molecule has 3 rings (SSSR count). The molecule has 0 saturated carbocycles. The van der Waals surface area contributed by atoms with Crippen LogP contribution in [0.3, 0.4) is 0 Å². The number of fused-ring (bicyclic) bond motifs is 1. The van der Waals surface area contributed by atoms with Gasteiger partial charge in [0.15, 0.2) is 0 Å². The van der Waals surface area contributed by atoms with Crippen molar-refractivity contribution in [1.82, 2.24) is 0 Å². The number of anilines is 1. The molecular weight excluding hydrogens is 333 g/mol. The number of benzene rings is 2.